The molecule has 0 aliphatic carbocycles. The van der Waals surface area contributed by atoms with Gasteiger partial charge in [0.05, 0.1) is 24.3 Å². The van der Waals surface area contributed by atoms with E-state index in [-0.39, 0.29) is 6.54 Å². The molecule has 1 unspecified atom stereocenters. The van der Waals surface area contributed by atoms with Crippen LogP contribution in [0.1, 0.15) is 43.9 Å². The van der Waals surface area contributed by atoms with Gasteiger partial charge in [-0.1, -0.05) is 72.8 Å². The molecule has 1 N–H and O–H groups in total. The van der Waals surface area contributed by atoms with Crippen molar-refractivity contribution in [2.45, 2.75) is 52.4 Å². The van der Waals surface area contributed by atoms with Gasteiger partial charge in [-0.25, -0.2) is 4.79 Å². The summed E-state index contributed by atoms with van der Waals surface area (Å²) in [6, 6.07) is 30.3. The quantitative estimate of drug-likeness (QED) is 0.236. The molecule has 4 aromatic carbocycles. The predicted octanol–water partition coefficient (Wildman–Crippen LogP) is 6.91. The molecule has 2 aliphatic rings. The Bertz CT molecular complexity index is 1810. The zero-order chi connectivity index (χ0) is 32.6. The third-order valence-electron chi connectivity index (χ3n) is 8.10. The Morgan fingerprint density at radius 1 is 0.783 bits per heavy atom. The molecular weight excluding hydrogens is 582 g/mol. The van der Waals surface area contributed by atoms with Gasteiger partial charge in [0.1, 0.15) is 11.5 Å². The zero-order valence-electron chi connectivity index (χ0n) is 26.0. The van der Waals surface area contributed by atoms with Crippen molar-refractivity contribution >= 4 is 40.9 Å². The minimum atomic E-state index is -1.44. The van der Waals surface area contributed by atoms with Crippen LogP contribution in [0.25, 0.3) is 11.1 Å². The molecule has 3 amide bonds. The summed E-state index contributed by atoms with van der Waals surface area (Å²) in [5.74, 6) is -3.89. The second kappa shape index (κ2) is 12.2. The Morgan fingerprint density at radius 2 is 1.41 bits per heavy atom. The molecule has 1 atom stereocenters. The van der Waals surface area contributed by atoms with Crippen molar-refractivity contribution in [1.82, 2.24) is 4.90 Å². The summed E-state index contributed by atoms with van der Waals surface area (Å²) >= 11 is 0. The van der Waals surface area contributed by atoms with Crippen molar-refractivity contribution in [3.63, 3.8) is 0 Å². The first-order chi connectivity index (χ1) is 22.0. The number of aliphatic carboxylic acids is 1. The highest BCUT2D eigenvalue weighted by atomic mass is 16.6. The van der Waals surface area contributed by atoms with Crippen molar-refractivity contribution < 1.29 is 29.0 Å². The summed E-state index contributed by atoms with van der Waals surface area (Å²) in [5.41, 5.74) is 5.50. The maximum Gasteiger partial charge on any atom is 0.410 e. The summed E-state index contributed by atoms with van der Waals surface area (Å²) in [6.45, 7) is 6.25. The van der Waals surface area contributed by atoms with Gasteiger partial charge in [0, 0.05) is 18.8 Å². The van der Waals surface area contributed by atoms with Crippen LogP contribution in [0.2, 0.25) is 0 Å². The van der Waals surface area contributed by atoms with Gasteiger partial charge in [-0.15, -0.1) is 0 Å². The molecule has 46 heavy (non-hydrogen) atoms. The lowest BCUT2D eigenvalue weighted by atomic mass is 10.0. The van der Waals surface area contributed by atoms with Crippen LogP contribution in [0.4, 0.5) is 21.9 Å². The maximum absolute atomic E-state index is 14.2. The fraction of sp³-hybridized carbons (Fsp3) is 0.243. The van der Waals surface area contributed by atoms with E-state index in [1.54, 1.807) is 35.2 Å². The SMILES string of the molecule is CC(C)(C)OC(=O)N1Cc2ccc(N3C(=O)C(CC(=O)O)C(=O)N(Cc4ccc(-c5ccccc5)cc4)c4ccccc43)cc2C1. The molecule has 0 radical (unpaired) electrons. The molecule has 0 spiro atoms. The topological polar surface area (TPSA) is 107 Å². The summed E-state index contributed by atoms with van der Waals surface area (Å²) in [7, 11) is 0. The third kappa shape index (κ3) is 6.21. The second-order valence-corrected chi connectivity index (χ2v) is 12.6. The Kier molecular flexibility index (Phi) is 8.08. The fourth-order valence-electron chi connectivity index (χ4n) is 5.94. The number of ether oxygens (including phenoxy) is 1. The van der Waals surface area contributed by atoms with Crippen LogP contribution in [0.15, 0.2) is 97.1 Å². The molecule has 9 nitrogen and oxygen atoms in total. The van der Waals surface area contributed by atoms with Crippen LogP contribution in [-0.2, 0) is 38.8 Å². The van der Waals surface area contributed by atoms with Crippen LogP contribution in [0.3, 0.4) is 0 Å². The summed E-state index contributed by atoms with van der Waals surface area (Å²) < 4.78 is 5.56. The van der Waals surface area contributed by atoms with E-state index in [1.165, 1.54) is 9.80 Å². The number of hydrogen-bond donors (Lipinski definition) is 1. The van der Waals surface area contributed by atoms with Gasteiger partial charge in [-0.2, -0.15) is 0 Å². The number of benzene rings is 4. The molecule has 0 aromatic heterocycles. The smallest absolute Gasteiger partial charge is 0.410 e. The molecule has 6 rings (SSSR count). The Labute approximate surface area is 267 Å². The first kappa shape index (κ1) is 30.6. The Morgan fingerprint density at radius 3 is 2.09 bits per heavy atom. The lowest BCUT2D eigenvalue weighted by Crippen LogP contribution is -2.41. The number of para-hydroxylation sites is 2. The minimum absolute atomic E-state index is 0.150. The molecule has 0 bridgehead atoms. The molecule has 2 heterocycles. The third-order valence-corrected chi connectivity index (χ3v) is 8.10. The normalized spacial score (nSPS) is 16.2. The van der Waals surface area contributed by atoms with E-state index in [9.17, 15) is 24.3 Å². The molecular formula is C37H35N3O6. The lowest BCUT2D eigenvalue weighted by molar-refractivity contribution is -0.144. The number of anilines is 3. The van der Waals surface area contributed by atoms with E-state index in [4.69, 9.17) is 4.74 Å². The van der Waals surface area contributed by atoms with E-state index in [0.717, 1.165) is 27.8 Å². The standard InChI is InChI=1S/C37H35N3O6/c1-37(2,3)46-36(45)38-22-27-17-18-29(19-28(27)23-38)40-32-12-8-7-11-31(32)39(34(43)30(35(40)44)20-33(41)42)21-24-13-15-26(16-14-24)25-9-5-4-6-10-25/h4-19,30H,20-23H2,1-3H3,(H,41,42). The van der Waals surface area contributed by atoms with Crippen LogP contribution < -0.4 is 9.80 Å². The van der Waals surface area contributed by atoms with E-state index in [2.05, 4.69) is 0 Å². The average molecular weight is 618 g/mol. The highest BCUT2D eigenvalue weighted by molar-refractivity contribution is 6.21. The van der Waals surface area contributed by atoms with Gasteiger partial charge < -0.3 is 14.7 Å². The van der Waals surface area contributed by atoms with Crippen molar-refractivity contribution in [3.05, 3.63) is 114 Å². The number of carboxylic acids is 1. The Balaban J connectivity index is 1.36. The molecule has 4 aromatic rings. The molecule has 2 aliphatic heterocycles. The van der Waals surface area contributed by atoms with Gasteiger partial charge in [0.2, 0.25) is 11.8 Å². The molecule has 0 fully saturated rings. The number of carbonyl (C=O) groups is 4. The largest absolute Gasteiger partial charge is 0.481 e. The van der Waals surface area contributed by atoms with Gasteiger partial charge in [-0.3, -0.25) is 24.2 Å². The van der Waals surface area contributed by atoms with E-state index >= 15 is 0 Å². The molecule has 234 valence electrons. The van der Waals surface area contributed by atoms with E-state index in [1.807, 2.05) is 87.5 Å². The molecule has 0 saturated carbocycles. The van der Waals surface area contributed by atoms with E-state index in [0.29, 0.717) is 30.2 Å². The number of amides is 3. The second-order valence-electron chi connectivity index (χ2n) is 12.6. The highest BCUT2D eigenvalue weighted by Gasteiger charge is 2.42. The van der Waals surface area contributed by atoms with E-state index < -0.39 is 41.8 Å². The first-order valence-electron chi connectivity index (χ1n) is 15.2. The van der Waals surface area contributed by atoms with Crippen molar-refractivity contribution in [2.75, 3.05) is 9.80 Å². The van der Waals surface area contributed by atoms with Crippen LogP contribution in [0, 0.1) is 5.92 Å². The van der Waals surface area contributed by atoms with Crippen LogP contribution in [-0.4, -0.2) is 39.5 Å². The molecule has 9 heteroatoms. The summed E-state index contributed by atoms with van der Waals surface area (Å²) in [5, 5.41) is 9.78. The number of fused-ring (bicyclic) bond motifs is 2. The Hall–Kier alpha value is -5.44. The number of hydrogen-bond acceptors (Lipinski definition) is 5. The van der Waals surface area contributed by atoms with Gasteiger partial charge >= 0.3 is 12.1 Å². The number of carbonyl (C=O) groups excluding carboxylic acids is 3. The van der Waals surface area contributed by atoms with Crippen LogP contribution >= 0.6 is 0 Å². The van der Waals surface area contributed by atoms with Crippen molar-refractivity contribution in [2.24, 2.45) is 5.92 Å². The minimum Gasteiger partial charge on any atom is -0.481 e. The number of nitrogens with zero attached hydrogens (tertiary/aromatic N) is 3. The van der Waals surface area contributed by atoms with Gasteiger partial charge in [0.25, 0.3) is 0 Å². The summed E-state index contributed by atoms with van der Waals surface area (Å²) in [4.78, 5) is 57.6. The fourth-order valence-corrected chi connectivity index (χ4v) is 5.94. The maximum atomic E-state index is 14.2. The predicted molar refractivity (Wildman–Crippen MR) is 174 cm³/mol. The van der Waals surface area contributed by atoms with Crippen LogP contribution in [0.5, 0.6) is 0 Å². The number of carboxylic acid groups (broad SMARTS) is 1. The number of rotatable bonds is 6. The molecule has 0 saturated heterocycles. The zero-order valence-corrected chi connectivity index (χ0v) is 26.0. The summed E-state index contributed by atoms with van der Waals surface area (Å²) in [6.07, 6.45) is -1.08. The highest BCUT2D eigenvalue weighted by Crippen LogP contribution is 2.42. The van der Waals surface area contributed by atoms with Crippen molar-refractivity contribution in [1.29, 1.82) is 0 Å². The monoisotopic (exact) mass is 617 g/mol. The first-order valence-corrected chi connectivity index (χ1v) is 15.2. The van der Waals surface area contributed by atoms with Crippen molar-refractivity contribution in [3.8, 4) is 11.1 Å². The lowest BCUT2D eigenvalue weighted by Gasteiger charge is -2.26. The van der Waals surface area contributed by atoms with Gasteiger partial charge in [0.15, 0.2) is 0 Å². The average Bonchev–Trinajstić information content (AvgIpc) is 3.44. The van der Waals surface area contributed by atoms with Gasteiger partial charge in [-0.05, 0) is 72.9 Å².